The molecule has 0 spiro atoms. The zero-order valence-electron chi connectivity index (χ0n) is 29.9. The Labute approximate surface area is 293 Å². The number of aryl methyl sites for hydroxylation is 1. The molecule has 0 aromatic heterocycles. The van der Waals surface area contributed by atoms with Crippen LogP contribution in [0.3, 0.4) is 0 Å². The molecule has 0 unspecified atom stereocenters. The van der Waals surface area contributed by atoms with Gasteiger partial charge < -0.3 is 29.3 Å². The first-order valence-corrected chi connectivity index (χ1v) is 17.0. The van der Waals surface area contributed by atoms with Crippen molar-refractivity contribution in [1.29, 1.82) is 0 Å². The van der Waals surface area contributed by atoms with Gasteiger partial charge in [0.25, 0.3) is 5.91 Å². The highest BCUT2D eigenvalue weighted by Crippen LogP contribution is 2.32. The Morgan fingerprint density at radius 2 is 1.70 bits per heavy atom. The van der Waals surface area contributed by atoms with E-state index in [1.165, 1.54) is 55.2 Å². The van der Waals surface area contributed by atoms with Crippen molar-refractivity contribution in [2.24, 2.45) is 17.3 Å². The van der Waals surface area contributed by atoms with Crippen molar-refractivity contribution in [2.75, 3.05) is 19.8 Å². The number of likely N-dealkylation sites (tertiary alicyclic amines) is 1. The number of nitrogens with zero attached hydrogens (tertiary/aromatic N) is 1. The number of benzene rings is 2. The maximum Gasteiger partial charge on any atom is 0.330 e. The number of hydrogen-bond donors (Lipinski definition) is 2. The van der Waals surface area contributed by atoms with Crippen molar-refractivity contribution in [3.05, 3.63) is 77.6 Å². The van der Waals surface area contributed by atoms with Crippen molar-refractivity contribution in [2.45, 2.75) is 85.8 Å². The van der Waals surface area contributed by atoms with Gasteiger partial charge in [0.1, 0.15) is 48.4 Å². The average molecular weight is 696 g/mol. The van der Waals surface area contributed by atoms with Crippen molar-refractivity contribution >= 4 is 23.6 Å². The van der Waals surface area contributed by atoms with Crippen molar-refractivity contribution in [1.82, 2.24) is 4.90 Å². The Kier molecular flexibility index (Phi) is 14.2. The number of aromatic hydroxyl groups is 2. The van der Waals surface area contributed by atoms with Gasteiger partial charge in [-0.25, -0.2) is 14.0 Å². The summed E-state index contributed by atoms with van der Waals surface area (Å²) in [5.41, 5.74) is 0.293. The van der Waals surface area contributed by atoms with Crippen LogP contribution in [0.4, 0.5) is 4.39 Å². The van der Waals surface area contributed by atoms with Crippen molar-refractivity contribution in [3.8, 4) is 17.2 Å². The van der Waals surface area contributed by atoms with Gasteiger partial charge in [-0.15, -0.1) is 0 Å². The van der Waals surface area contributed by atoms with E-state index in [-0.39, 0.29) is 68.1 Å². The van der Waals surface area contributed by atoms with Crippen LogP contribution in [-0.4, -0.2) is 64.5 Å². The van der Waals surface area contributed by atoms with Gasteiger partial charge in [-0.05, 0) is 98.8 Å². The number of esters is 2. The molecule has 2 atom stereocenters. The number of halogens is 1. The van der Waals surface area contributed by atoms with Gasteiger partial charge in [0.15, 0.2) is 0 Å². The van der Waals surface area contributed by atoms with Crippen LogP contribution in [0.15, 0.2) is 60.7 Å². The molecule has 1 saturated heterocycles. The monoisotopic (exact) mass is 695 g/mol. The van der Waals surface area contributed by atoms with Gasteiger partial charge in [0.2, 0.25) is 5.78 Å². The number of carbonyl (C=O) groups excluding carboxylic acids is 4. The second-order valence-corrected chi connectivity index (χ2v) is 14.1. The maximum atomic E-state index is 15.0. The van der Waals surface area contributed by atoms with Crippen LogP contribution < -0.4 is 4.74 Å². The van der Waals surface area contributed by atoms with E-state index >= 15 is 0 Å². The fourth-order valence-corrected chi connectivity index (χ4v) is 5.28. The summed E-state index contributed by atoms with van der Waals surface area (Å²) in [7, 11) is 0. The number of ketones is 1. The van der Waals surface area contributed by atoms with Crippen LogP contribution in [-0.2, 0) is 35.1 Å². The largest absolute Gasteiger partial charge is 0.508 e. The molecule has 0 radical (unpaired) electrons. The van der Waals surface area contributed by atoms with Crippen LogP contribution >= 0.6 is 0 Å². The number of carbonyl (C=O) groups is 4. The second kappa shape index (κ2) is 17.8. The molecule has 1 aliphatic heterocycles. The topological polar surface area (TPSA) is 140 Å². The highest BCUT2D eigenvalue weighted by atomic mass is 19.1. The zero-order valence-corrected chi connectivity index (χ0v) is 29.9. The lowest BCUT2D eigenvalue weighted by molar-refractivity contribution is -0.165. The summed E-state index contributed by atoms with van der Waals surface area (Å²) in [5.74, 6) is -3.52. The summed E-state index contributed by atoms with van der Waals surface area (Å²) >= 11 is 0. The van der Waals surface area contributed by atoms with E-state index in [0.717, 1.165) is 5.57 Å². The summed E-state index contributed by atoms with van der Waals surface area (Å²) in [6.45, 7) is 14.7. The van der Waals surface area contributed by atoms with Gasteiger partial charge in [0.05, 0.1) is 5.41 Å². The Hall–Kier alpha value is -4.67. The fraction of sp³-hybridized carbons (Fsp3) is 0.487. The number of Topliss-reactive ketones (excluding diaryl/α,β-unsaturated/α-hetero) is 1. The lowest BCUT2D eigenvalue weighted by Gasteiger charge is -2.36. The van der Waals surface area contributed by atoms with E-state index in [2.05, 4.69) is 6.58 Å². The predicted octanol–water partition coefficient (Wildman–Crippen LogP) is 6.78. The molecule has 272 valence electrons. The molecule has 10 nitrogen and oxygen atoms in total. The normalized spacial score (nSPS) is 15.6. The van der Waals surface area contributed by atoms with Gasteiger partial charge in [-0.3, -0.25) is 9.59 Å². The molecule has 50 heavy (non-hydrogen) atoms. The molecular formula is C39H50FNO9. The Bertz CT molecular complexity index is 1560. The number of allylic oxidation sites excluding steroid dienone is 1. The van der Waals surface area contributed by atoms with E-state index in [0.29, 0.717) is 24.0 Å². The van der Waals surface area contributed by atoms with Crippen LogP contribution in [0.5, 0.6) is 17.2 Å². The highest BCUT2D eigenvalue weighted by Gasteiger charge is 2.42. The third-order valence-electron chi connectivity index (χ3n) is 8.46. The van der Waals surface area contributed by atoms with Gasteiger partial charge in [0, 0.05) is 24.8 Å². The minimum atomic E-state index is -1.36. The summed E-state index contributed by atoms with van der Waals surface area (Å²) in [4.78, 5) is 54.2. The van der Waals surface area contributed by atoms with Crippen LogP contribution in [0.25, 0.3) is 0 Å². The van der Waals surface area contributed by atoms with Gasteiger partial charge in [-0.2, -0.15) is 0 Å². The van der Waals surface area contributed by atoms with E-state index in [1.54, 1.807) is 12.1 Å². The number of ether oxygens (including phenoxy) is 3. The summed E-state index contributed by atoms with van der Waals surface area (Å²) in [6, 6.07) is 7.05. The molecule has 1 aliphatic rings. The maximum absolute atomic E-state index is 15.0. The highest BCUT2D eigenvalue weighted by molar-refractivity contribution is 6.38. The lowest BCUT2D eigenvalue weighted by atomic mass is 9.87. The number of hydrogen-bond acceptors (Lipinski definition) is 9. The minimum absolute atomic E-state index is 0.124. The fourth-order valence-electron chi connectivity index (χ4n) is 5.28. The molecule has 0 saturated carbocycles. The summed E-state index contributed by atoms with van der Waals surface area (Å²) < 4.78 is 32.0. The molecule has 0 bridgehead atoms. The first-order chi connectivity index (χ1) is 23.5. The molecule has 0 aliphatic carbocycles. The number of amides is 1. The molecule has 2 aromatic carbocycles. The van der Waals surface area contributed by atoms with Crippen LogP contribution in [0, 0.1) is 23.1 Å². The molecule has 2 N–H and O–H groups in total. The Morgan fingerprint density at radius 3 is 2.34 bits per heavy atom. The third kappa shape index (κ3) is 11.7. The standard InChI is InChI=1S/C39H50FNO9/c1-24(2)11-14-35(44)49-23-39(6,7)36(45)37(46)41-15-9-8-10-33(41)38(47)50-34(13-12-27-16-30(42)21-31(43)17-27)28-18-29(40)20-32(19-28)48-22-26(5)25(3)4/h11,14,16-21,24-25,33-34,42-43H,5,8-10,12-13,15,22-23H2,1-4,6-7H3/b14-11-/t33-,34+/m0/s1. The number of rotatable bonds is 16. The Morgan fingerprint density at radius 1 is 1.02 bits per heavy atom. The molecule has 1 amide bonds. The zero-order chi connectivity index (χ0) is 37.2. The van der Waals surface area contributed by atoms with Gasteiger partial charge in [-0.1, -0.05) is 40.3 Å². The number of phenols is 2. The van der Waals surface area contributed by atoms with Crippen LogP contribution in [0.1, 0.15) is 84.5 Å². The van der Waals surface area contributed by atoms with Crippen molar-refractivity contribution in [3.63, 3.8) is 0 Å². The summed E-state index contributed by atoms with van der Waals surface area (Å²) in [5, 5.41) is 20.0. The average Bonchev–Trinajstić information content (AvgIpc) is 3.05. The van der Waals surface area contributed by atoms with E-state index in [1.807, 2.05) is 27.7 Å². The minimum Gasteiger partial charge on any atom is -0.508 e. The lowest BCUT2D eigenvalue weighted by Crippen LogP contribution is -2.53. The van der Waals surface area contributed by atoms with Crippen molar-refractivity contribution < 1.29 is 48.0 Å². The molecule has 1 fully saturated rings. The van der Waals surface area contributed by atoms with Gasteiger partial charge >= 0.3 is 11.9 Å². The molecule has 1 heterocycles. The third-order valence-corrected chi connectivity index (χ3v) is 8.46. The first-order valence-electron chi connectivity index (χ1n) is 17.0. The number of piperidine rings is 1. The summed E-state index contributed by atoms with van der Waals surface area (Å²) in [6.07, 6.45) is 3.67. The number of phenolic OH excluding ortho intramolecular Hbond substituents is 2. The first kappa shape index (κ1) is 39.8. The van der Waals surface area contributed by atoms with E-state index in [9.17, 15) is 33.8 Å². The smallest absolute Gasteiger partial charge is 0.330 e. The molecule has 3 rings (SSSR count). The van der Waals surface area contributed by atoms with E-state index < -0.39 is 47.0 Å². The van der Waals surface area contributed by atoms with E-state index in [4.69, 9.17) is 14.2 Å². The Balaban J connectivity index is 1.85. The predicted molar refractivity (Wildman–Crippen MR) is 186 cm³/mol. The molecule has 11 heteroatoms. The molecular weight excluding hydrogens is 645 g/mol. The second-order valence-electron chi connectivity index (χ2n) is 14.1. The SMILES string of the molecule is C=C(COc1cc(F)cc([C@@H](CCc2cc(O)cc(O)c2)OC(=O)[C@@H]2CCCCN2C(=O)C(=O)C(C)(C)COC(=O)/C=C\C(C)C)c1)C(C)C. The molecule has 2 aromatic rings. The quantitative estimate of drug-likeness (QED) is 0.0842. The van der Waals surface area contributed by atoms with Crippen LogP contribution in [0.2, 0.25) is 0 Å².